The van der Waals surface area contributed by atoms with Crippen molar-refractivity contribution < 1.29 is 14.3 Å². The molecule has 1 fully saturated rings. The standard InChI is InChI=1S/C29H34N6O3S/c1-17-32-15-18(16-35-13-9-19(10-14-35)38-29(2,3)4)28(33-17)37-23-8-5-20-21(34-23)6-7-22-24(20)25-26(39-22)27(36)31-12-11-30-25/h5-8,15,19,30H,9-14,16H2,1-4H3,(H,31,36). The van der Waals surface area contributed by atoms with Crippen molar-refractivity contribution in [3.8, 4) is 11.8 Å². The number of nitrogens with one attached hydrogen (secondary N) is 2. The van der Waals surface area contributed by atoms with Crippen LogP contribution in [0.1, 0.15) is 54.7 Å². The van der Waals surface area contributed by atoms with E-state index in [1.165, 1.54) is 11.3 Å². The van der Waals surface area contributed by atoms with Crippen LogP contribution >= 0.6 is 11.3 Å². The normalized spacial score (nSPS) is 17.1. The molecule has 10 heteroatoms. The van der Waals surface area contributed by atoms with E-state index in [0.717, 1.165) is 58.2 Å². The zero-order chi connectivity index (χ0) is 27.1. The van der Waals surface area contributed by atoms with Gasteiger partial charge in [-0.2, -0.15) is 4.98 Å². The van der Waals surface area contributed by atoms with Crippen LogP contribution < -0.4 is 15.4 Å². The molecular formula is C29H34N6O3S. The van der Waals surface area contributed by atoms with Crippen LogP contribution in [0.5, 0.6) is 11.8 Å². The molecule has 204 valence electrons. The highest BCUT2D eigenvalue weighted by atomic mass is 32.1. The van der Waals surface area contributed by atoms with Crippen LogP contribution in [0, 0.1) is 6.92 Å². The molecule has 0 unspecified atom stereocenters. The Kier molecular flexibility index (Phi) is 6.86. The first kappa shape index (κ1) is 25.9. The number of rotatable bonds is 5. The first-order valence-electron chi connectivity index (χ1n) is 13.5. The van der Waals surface area contributed by atoms with Crippen LogP contribution in [0.4, 0.5) is 5.69 Å². The van der Waals surface area contributed by atoms with Gasteiger partial charge in [0.15, 0.2) is 0 Å². The molecule has 2 aliphatic heterocycles. The van der Waals surface area contributed by atoms with Crippen LogP contribution in [0.3, 0.4) is 0 Å². The fourth-order valence-corrected chi connectivity index (χ4v) is 6.42. The van der Waals surface area contributed by atoms with Gasteiger partial charge in [-0.05, 0) is 58.7 Å². The van der Waals surface area contributed by atoms with Crippen molar-refractivity contribution in [3.63, 3.8) is 0 Å². The fraction of sp³-hybridized carbons (Fsp3) is 0.448. The maximum atomic E-state index is 12.5. The average Bonchev–Trinajstić information content (AvgIpc) is 3.18. The number of hydrogen-bond acceptors (Lipinski definition) is 9. The van der Waals surface area contributed by atoms with Crippen LogP contribution in [-0.4, -0.2) is 63.6 Å². The highest BCUT2D eigenvalue weighted by Gasteiger charge is 2.26. The Balaban J connectivity index is 1.24. The predicted molar refractivity (Wildman–Crippen MR) is 154 cm³/mol. The number of piperidine rings is 1. The van der Waals surface area contributed by atoms with Crippen molar-refractivity contribution >= 4 is 43.9 Å². The van der Waals surface area contributed by atoms with E-state index in [0.29, 0.717) is 48.2 Å². The van der Waals surface area contributed by atoms with E-state index in [1.807, 2.05) is 37.4 Å². The Morgan fingerprint density at radius 2 is 1.87 bits per heavy atom. The largest absolute Gasteiger partial charge is 0.420 e. The van der Waals surface area contributed by atoms with Gasteiger partial charge in [0.2, 0.25) is 11.8 Å². The maximum Gasteiger partial charge on any atom is 0.263 e. The number of amides is 1. The van der Waals surface area contributed by atoms with Gasteiger partial charge >= 0.3 is 0 Å². The summed E-state index contributed by atoms with van der Waals surface area (Å²) < 4.78 is 13.5. The fourth-order valence-electron chi connectivity index (χ4n) is 5.31. The van der Waals surface area contributed by atoms with Crippen molar-refractivity contribution in [3.05, 3.63) is 46.7 Å². The van der Waals surface area contributed by atoms with Crippen molar-refractivity contribution in [2.75, 3.05) is 31.5 Å². The van der Waals surface area contributed by atoms with Gasteiger partial charge in [-0.1, -0.05) is 0 Å². The summed E-state index contributed by atoms with van der Waals surface area (Å²) in [5.41, 5.74) is 2.51. The second-order valence-corrected chi connectivity index (χ2v) is 12.3. The summed E-state index contributed by atoms with van der Waals surface area (Å²) in [5.74, 6) is 1.63. The van der Waals surface area contributed by atoms with E-state index in [9.17, 15) is 4.79 Å². The third-order valence-corrected chi connectivity index (χ3v) is 8.16. The SMILES string of the molecule is Cc1ncc(CN2CCC(OC(C)(C)C)CC2)c(Oc2ccc3c(ccc4sc5c(c43)NCCNC5=O)n2)n1. The third-order valence-electron chi connectivity index (χ3n) is 7.01. The molecular weight excluding hydrogens is 512 g/mol. The maximum absolute atomic E-state index is 12.5. The Morgan fingerprint density at radius 1 is 1.08 bits per heavy atom. The van der Waals surface area contributed by atoms with E-state index in [-0.39, 0.29) is 11.5 Å². The number of fused-ring (bicyclic) bond motifs is 5. The number of hydrogen-bond donors (Lipinski definition) is 2. The van der Waals surface area contributed by atoms with Gasteiger partial charge in [0.25, 0.3) is 5.91 Å². The molecule has 0 saturated carbocycles. The van der Waals surface area contributed by atoms with E-state index >= 15 is 0 Å². The minimum Gasteiger partial charge on any atom is -0.420 e. The van der Waals surface area contributed by atoms with Crippen LogP contribution in [0.2, 0.25) is 0 Å². The molecule has 2 aliphatic rings. The predicted octanol–water partition coefficient (Wildman–Crippen LogP) is 5.28. The number of carbonyl (C=O) groups excluding carboxylic acids is 1. The Hall–Kier alpha value is -3.34. The molecule has 0 aliphatic carbocycles. The lowest BCUT2D eigenvalue weighted by atomic mass is 10.1. The lowest BCUT2D eigenvalue weighted by Gasteiger charge is -2.35. The first-order valence-corrected chi connectivity index (χ1v) is 14.3. The summed E-state index contributed by atoms with van der Waals surface area (Å²) in [5, 5.41) is 8.39. The molecule has 1 aromatic carbocycles. The number of anilines is 1. The van der Waals surface area contributed by atoms with Crippen molar-refractivity contribution in [2.24, 2.45) is 0 Å². The van der Waals surface area contributed by atoms with Gasteiger partial charge in [0.05, 0.1) is 22.9 Å². The topological polar surface area (TPSA) is 102 Å². The van der Waals surface area contributed by atoms with E-state index in [2.05, 4.69) is 46.3 Å². The van der Waals surface area contributed by atoms with Gasteiger partial charge in [0.1, 0.15) is 10.7 Å². The highest BCUT2D eigenvalue weighted by molar-refractivity contribution is 7.21. The molecule has 0 spiro atoms. The Morgan fingerprint density at radius 3 is 2.67 bits per heavy atom. The zero-order valence-electron chi connectivity index (χ0n) is 22.8. The minimum absolute atomic E-state index is 0.0325. The number of nitrogens with zero attached hydrogens (tertiary/aromatic N) is 4. The molecule has 1 saturated heterocycles. The summed E-state index contributed by atoms with van der Waals surface area (Å²) in [6, 6.07) is 7.90. The summed E-state index contributed by atoms with van der Waals surface area (Å²) in [7, 11) is 0. The molecule has 4 aromatic rings. The van der Waals surface area contributed by atoms with Gasteiger partial charge in [-0.3, -0.25) is 9.69 Å². The molecule has 5 heterocycles. The lowest BCUT2D eigenvalue weighted by Crippen LogP contribution is -2.39. The number of likely N-dealkylation sites (tertiary alicyclic amines) is 1. The molecule has 39 heavy (non-hydrogen) atoms. The summed E-state index contributed by atoms with van der Waals surface area (Å²) in [6.45, 7) is 12.1. The summed E-state index contributed by atoms with van der Waals surface area (Å²) >= 11 is 1.50. The number of pyridine rings is 1. The number of aryl methyl sites for hydroxylation is 1. The Bertz CT molecular complexity index is 1540. The van der Waals surface area contributed by atoms with Crippen LogP contribution in [0.15, 0.2) is 30.5 Å². The van der Waals surface area contributed by atoms with Crippen molar-refractivity contribution in [2.45, 2.75) is 58.8 Å². The molecule has 1 amide bonds. The molecule has 9 nitrogen and oxygen atoms in total. The van der Waals surface area contributed by atoms with Crippen molar-refractivity contribution in [1.82, 2.24) is 25.2 Å². The number of thiophene rings is 1. The number of ether oxygens (including phenoxy) is 2. The lowest BCUT2D eigenvalue weighted by molar-refractivity contribution is -0.0827. The smallest absolute Gasteiger partial charge is 0.263 e. The first-order chi connectivity index (χ1) is 18.7. The highest BCUT2D eigenvalue weighted by Crippen LogP contribution is 2.41. The minimum atomic E-state index is -0.121. The molecule has 6 rings (SSSR count). The molecule has 0 atom stereocenters. The third kappa shape index (κ3) is 5.54. The average molecular weight is 547 g/mol. The molecule has 2 N–H and O–H groups in total. The zero-order valence-corrected chi connectivity index (χ0v) is 23.7. The second-order valence-electron chi connectivity index (χ2n) is 11.2. The number of benzene rings is 1. The van der Waals surface area contributed by atoms with E-state index in [4.69, 9.17) is 14.5 Å². The van der Waals surface area contributed by atoms with Gasteiger partial charge in [0, 0.05) is 66.0 Å². The summed E-state index contributed by atoms with van der Waals surface area (Å²) in [4.78, 5) is 29.5. The van der Waals surface area contributed by atoms with Crippen molar-refractivity contribution in [1.29, 1.82) is 0 Å². The van der Waals surface area contributed by atoms with Gasteiger partial charge < -0.3 is 20.1 Å². The molecule has 0 bridgehead atoms. The molecule has 3 aromatic heterocycles. The number of carbonyl (C=O) groups is 1. The van der Waals surface area contributed by atoms with E-state index < -0.39 is 0 Å². The van der Waals surface area contributed by atoms with Gasteiger partial charge in [-0.25, -0.2) is 9.97 Å². The van der Waals surface area contributed by atoms with E-state index in [1.54, 1.807) is 0 Å². The number of aromatic nitrogens is 3. The molecule has 0 radical (unpaired) electrons. The van der Waals surface area contributed by atoms with Gasteiger partial charge in [-0.15, -0.1) is 11.3 Å². The Labute approximate surface area is 231 Å². The quantitative estimate of drug-likeness (QED) is 0.349. The van der Waals surface area contributed by atoms with Crippen LogP contribution in [0.25, 0.3) is 21.0 Å². The monoisotopic (exact) mass is 546 g/mol. The summed E-state index contributed by atoms with van der Waals surface area (Å²) in [6.07, 6.45) is 4.16. The second kappa shape index (κ2) is 10.3. The van der Waals surface area contributed by atoms with Crippen LogP contribution in [-0.2, 0) is 11.3 Å².